The van der Waals surface area contributed by atoms with E-state index in [4.69, 9.17) is 5.73 Å². The lowest BCUT2D eigenvalue weighted by molar-refractivity contribution is -0.126. The Hall–Kier alpha value is -0.610. The number of hydrogen-bond donors (Lipinski definition) is 2. The summed E-state index contributed by atoms with van der Waals surface area (Å²) in [6, 6.07) is 0. The van der Waals surface area contributed by atoms with Crippen LogP contribution in [0.25, 0.3) is 0 Å². The Morgan fingerprint density at radius 2 is 1.95 bits per heavy atom. The molecule has 0 aromatic rings. The minimum absolute atomic E-state index is 0.154. The molecule has 1 saturated carbocycles. The van der Waals surface area contributed by atoms with E-state index < -0.39 is 5.54 Å². The Balaban J connectivity index is 2.02. The number of nitrogens with one attached hydrogen (secondary N) is 1. The maximum atomic E-state index is 12.1. The molecule has 2 fully saturated rings. The van der Waals surface area contributed by atoms with Gasteiger partial charge in [-0.15, -0.1) is 0 Å². The summed E-state index contributed by atoms with van der Waals surface area (Å²) in [6.45, 7) is 10.6. The Bertz CT molecular complexity index is 342. The fraction of sp³-hybridized carbons (Fsp3) is 0.938. The molecular weight excluding hydrogens is 250 g/mol. The summed E-state index contributed by atoms with van der Waals surface area (Å²) in [7, 11) is 0. The molecule has 3 N–H and O–H groups in total. The van der Waals surface area contributed by atoms with Gasteiger partial charge in [0, 0.05) is 6.54 Å². The molecule has 1 atom stereocenters. The summed E-state index contributed by atoms with van der Waals surface area (Å²) in [5.74, 6) is 0.291. The van der Waals surface area contributed by atoms with Crippen LogP contribution in [0.3, 0.4) is 0 Å². The molecule has 2 rings (SSSR count). The minimum Gasteiger partial charge on any atom is -0.368 e. The van der Waals surface area contributed by atoms with E-state index in [0.717, 1.165) is 45.4 Å². The van der Waals surface area contributed by atoms with Crippen LogP contribution in [-0.2, 0) is 4.79 Å². The van der Waals surface area contributed by atoms with Gasteiger partial charge in [0.1, 0.15) is 5.54 Å². The quantitative estimate of drug-likeness (QED) is 0.747. The zero-order valence-corrected chi connectivity index (χ0v) is 13.4. The third kappa shape index (κ3) is 3.53. The van der Waals surface area contributed by atoms with Gasteiger partial charge in [-0.1, -0.05) is 20.8 Å². The molecule has 1 saturated heterocycles. The molecule has 116 valence electrons. The van der Waals surface area contributed by atoms with Crippen molar-refractivity contribution in [3.8, 4) is 0 Å². The lowest BCUT2D eigenvalue weighted by atomic mass is 9.81. The summed E-state index contributed by atoms with van der Waals surface area (Å²) in [5, 5.41) is 3.50. The van der Waals surface area contributed by atoms with Crippen molar-refractivity contribution >= 4 is 5.91 Å². The molecule has 0 spiro atoms. The molecule has 20 heavy (non-hydrogen) atoms. The van der Waals surface area contributed by atoms with E-state index in [0.29, 0.717) is 11.3 Å². The van der Waals surface area contributed by atoms with Crippen molar-refractivity contribution in [3.05, 3.63) is 0 Å². The van der Waals surface area contributed by atoms with Crippen LogP contribution < -0.4 is 11.1 Å². The van der Waals surface area contributed by atoms with Crippen LogP contribution >= 0.6 is 0 Å². The van der Waals surface area contributed by atoms with Crippen molar-refractivity contribution < 1.29 is 4.79 Å². The fourth-order valence-corrected chi connectivity index (χ4v) is 3.29. The molecule has 1 amide bonds. The van der Waals surface area contributed by atoms with E-state index in [1.807, 2.05) is 0 Å². The molecular formula is C16H31N3O. The predicted molar refractivity (Wildman–Crippen MR) is 82.4 cm³/mol. The first-order valence-corrected chi connectivity index (χ1v) is 8.17. The van der Waals surface area contributed by atoms with E-state index in [1.54, 1.807) is 0 Å². The number of likely N-dealkylation sites (tertiary alicyclic amines) is 1. The summed E-state index contributed by atoms with van der Waals surface area (Å²) in [4.78, 5) is 14.6. The standard InChI is InChI=1S/C16H31N3O/c1-4-9-18-16(14(17)20,13-5-6-13)12-19-10-7-15(2,3)8-11-19/h13,18H,4-12H2,1-3H3,(H2,17,20). The number of hydrogen-bond acceptors (Lipinski definition) is 3. The van der Waals surface area contributed by atoms with Gasteiger partial charge in [0.05, 0.1) is 0 Å². The smallest absolute Gasteiger partial charge is 0.239 e. The Morgan fingerprint density at radius 1 is 1.35 bits per heavy atom. The first kappa shape index (κ1) is 15.8. The van der Waals surface area contributed by atoms with Crippen LogP contribution in [0.15, 0.2) is 0 Å². The Kier molecular flexibility index (Phi) is 4.75. The topological polar surface area (TPSA) is 58.4 Å². The van der Waals surface area contributed by atoms with Crippen LogP contribution in [-0.4, -0.2) is 42.5 Å². The number of nitrogens with zero attached hydrogens (tertiary/aromatic N) is 1. The molecule has 1 unspecified atom stereocenters. The molecule has 1 aliphatic carbocycles. The number of primary amides is 1. The van der Waals surface area contributed by atoms with Crippen molar-refractivity contribution in [3.63, 3.8) is 0 Å². The summed E-state index contributed by atoms with van der Waals surface area (Å²) in [6.07, 6.45) is 5.73. The zero-order valence-electron chi connectivity index (χ0n) is 13.4. The molecule has 1 aliphatic heterocycles. The van der Waals surface area contributed by atoms with Crippen molar-refractivity contribution in [2.45, 2.75) is 58.4 Å². The monoisotopic (exact) mass is 281 g/mol. The normalized spacial score (nSPS) is 26.1. The lowest BCUT2D eigenvalue weighted by Crippen LogP contribution is -2.64. The highest BCUT2D eigenvalue weighted by Crippen LogP contribution is 2.41. The summed E-state index contributed by atoms with van der Waals surface area (Å²) in [5.41, 5.74) is 5.75. The van der Waals surface area contributed by atoms with Crippen molar-refractivity contribution in [1.82, 2.24) is 10.2 Å². The predicted octanol–water partition coefficient (Wildman–Crippen LogP) is 1.74. The van der Waals surface area contributed by atoms with Crippen LogP contribution in [0, 0.1) is 11.3 Å². The molecule has 2 aliphatic rings. The first-order valence-electron chi connectivity index (χ1n) is 8.17. The average molecular weight is 281 g/mol. The second kappa shape index (κ2) is 6.02. The number of carbonyl (C=O) groups excluding carboxylic acids is 1. The minimum atomic E-state index is -0.489. The van der Waals surface area contributed by atoms with Gasteiger partial charge in [0.15, 0.2) is 0 Å². The van der Waals surface area contributed by atoms with Gasteiger partial charge in [-0.05, 0) is 63.1 Å². The van der Waals surface area contributed by atoms with Crippen molar-refractivity contribution in [1.29, 1.82) is 0 Å². The second-order valence-corrected chi connectivity index (χ2v) is 7.48. The van der Waals surface area contributed by atoms with E-state index in [2.05, 4.69) is 31.0 Å². The molecule has 0 radical (unpaired) electrons. The largest absolute Gasteiger partial charge is 0.368 e. The van der Waals surface area contributed by atoms with Gasteiger partial charge in [0.25, 0.3) is 0 Å². The molecule has 0 aromatic heterocycles. The highest BCUT2D eigenvalue weighted by Gasteiger charge is 2.50. The first-order chi connectivity index (χ1) is 9.39. The number of nitrogens with two attached hydrogens (primary N) is 1. The number of piperidine rings is 1. The van der Waals surface area contributed by atoms with Gasteiger partial charge in [0.2, 0.25) is 5.91 Å². The highest BCUT2D eigenvalue weighted by molar-refractivity contribution is 5.86. The molecule has 4 heteroatoms. The third-order valence-corrected chi connectivity index (χ3v) is 5.09. The maximum absolute atomic E-state index is 12.1. The number of rotatable bonds is 7. The molecule has 1 heterocycles. The molecule has 0 aromatic carbocycles. The second-order valence-electron chi connectivity index (χ2n) is 7.48. The molecule has 4 nitrogen and oxygen atoms in total. The maximum Gasteiger partial charge on any atom is 0.239 e. The Labute approximate surface area is 123 Å². The van der Waals surface area contributed by atoms with Crippen molar-refractivity contribution in [2.75, 3.05) is 26.2 Å². The summed E-state index contributed by atoms with van der Waals surface area (Å²) >= 11 is 0. The SMILES string of the molecule is CCCNC(CN1CCC(C)(C)CC1)(C(N)=O)C1CC1. The Morgan fingerprint density at radius 3 is 2.40 bits per heavy atom. The van der Waals surface area contributed by atoms with Crippen LogP contribution in [0.2, 0.25) is 0 Å². The van der Waals surface area contributed by atoms with Gasteiger partial charge in [-0.25, -0.2) is 0 Å². The van der Waals surface area contributed by atoms with E-state index in [-0.39, 0.29) is 5.91 Å². The van der Waals surface area contributed by atoms with E-state index in [9.17, 15) is 4.79 Å². The van der Waals surface area contributed by atoms with Crippen LogP contribution in [0.5, 0.6) is 0 Å². The average Bonchev–Trinajstić information content (AvgIpc) is 3.21. The van der Waals surface area contributed by atoms with Gasteiger partial charge in [-0.2, -0.15) is 0 Å². The third-order valence-electron chi connectivity index (χ3n) is 5.09. The van der Waals surface area contributed by atoms with E-state index in [1.165, 1.54) is 12.8 Å². The number of carbonyl (C=O) groups is 1. The van der Waals surface area contributed by atoms with Crippen LogP contribution in [0.4, 0.5) is 0 Å². The molecule has 0 bridgehead atoms. The van der Waals surface area contributed by atoms with Crippen molar-refractivity contribution in [2.24, 2.45) is 17.1 Å². The highest BCUT2D eigenvalue weighted by atomic mass is 16.1. The number of amides is 1. The van der Waals surface area contributed by atoms with Gasteiger partial charge in [-0.3, -0.25) is 4.79 Å². The fourth-order valence-electron chi connectivity index (χ4n) is 3.29. The van der Waals surface area contributed by atoms with Gasteiger partial charge >= 0.3 is 0 Å². The summed E-state index contributed by atoms with van der Waals surface area (Å²) < 4.78 is 0. The van der Waals surface area contributed by atoms with Gasteiger partial charge < -0.3 is 16.0 Å². The van der Waals surface area contributed by atoms with E-state index >= 15 is 0 Å². The van der Waals surface area contributed by atoms with Crippen LogP contribution in [0.1, 0.15) is 52.9 Å². The lowest BCUT2D eigenvalue weighted by Gasteiger charge is -2.42. The zero-order chi connectivity index (χ0) is 14.8.